The largest absolute Gasteiger partial charge is 0.483 e. The van der Waals surface area contributed by atoms with Crippen molar-refractivity contribution >= 4 is 45.9 Å². The van der Waals surface area contributed by atoms with Crippen LogP contribution in [0.5, 0.6) is 5.75 Å². The summed E-state index contributed by atoms with van der Waals surface area (Å²) >= 11 is 7.19. The number of methoxy groups -OCH3 is 1. The number of benzene rings is 2. The van der Waals surface area contributed by atoms with Gasteiger partial charge in [-0.05, 0) is 23.8 Å². The number of nitrogens with one attached hydrogen (secondary N) is 1. The van der Waals surface area contributed by atoms with Crippen LogP contribution in [0, 0.1) is 0 Å². The molecular formula is C18H14ClF3N2O3S. The molecule has 1 amide bonds. The van der Waals surface area contributed by atoms with Crippen molar-refractivity contribution in [2.45, 2.75) is 11.9 Å². The van der Waals surface area contributed by atoms with E-state index in [9.17, 15) is 18.0 Å². The van der Waals surface area contributed by atoms with Gasteiger partial charge in [0.25, 0.3) is 0 Å². The highest BCUT2D eigenvalue weighted by Crippen LogP contribution is 2.43. The monoisotopic (exact) mass is 430 g/mol. The van der Waals surface area contributed by atoms with Gasteiger partial charge in [-0.1, -0.05) is 29.8 Å². The van der Waals surface area contributed by atoms with E-state index in [1.165, 1.54) is 18.9 Å². The molecule has 148 valence electrons. The Balaban J connectivity index is 1.79. The van der Waals surface area contributed by atoms with Gasteiger partial charge in [-0.15, -0.1) is 11.8 Å². The number of hydrogen-bond donors (Lipinski definition) is 1. The number of rotatable bonds is 3. The van der Waals surface area contributed by atoms with E-state index in [1.807, 2.05) is 12.1 Å². The fourth-order valence-electron chi connectivity index (χ4n) is 2.43. The summed E-state index contributed by atoms with van der Waals surface area (Å²) in [5.74, 6) is 0.552. The number of thioether (sulfide) groups is 1. The Bertz CT molecular complexity index is 935. The third-order valence-electron chi connectivity index (χ3n) is 3.77. The van der Waals surface area contributed by atoms with E-state index in [0.29, 0.717) is 16.5 Å². The minimum Gasteiger partial charge on any atom is -0.483 e. The van der Waals surface area contributed by atoms with Gasteiger partial charge in [-0.25, -0.2) is 9.79 Å². The smallest absolute Gasteiger partial charge is 0.416 e. The molecule has 0 aromatic heterocycles. The van der Waals surface area contributed by atoms with Crippen LogP contribution in [0.4, 0.5) is 29.3 Å². The zero-order chi connectivity index (χ0) is 20.3. The van der Waals surface area contributed by atoms with Crippen molar-refractivity contribution in [2.24, 2.45) is 4.99 Å². The maximum atomic E-state index is 13.0. The summed E-state index contributed by atoms with van der Waals surface area (Å²) in [5.41, 5.74) is 0.521. The van der Waals surface area contributed by atoms with Crippen molar-refractivity contribution in [1.29, 1.82) is 0 Å². The molecule has 10 heteroatoms. The van der Waals surface area contributed by atoms with E-state index in [2.05, 4.69) is 15.0 Å². The molecule has 2 aromatic rings. The number of halogens is 4. The zero-order valence-corrected chi connectivity index (χ0v) is 16.0. The lowest BCUT2D eigenvalue weighted by molar-refractivity contribution is -0.137. The Kier molecular flexibility index (Phi) is 6.04. The van der Waals surface area contributed by atoms with Crippen LogP contribution < -0.4 is 10.1 Å². The van der Waals surface area contributed by atoms with E-state index in [4.69, 9.17) is 16.3 Å². The fraction of sp³-hybridized carbons (Fsp3) is 0.222. The average Bonchev–Trinajstić information content (AvgIpc) is 2.66. The van der Waals surface area contributed by atoms with Crippen LogP contribution in [0.1, 0.15) is 11.1 Å². The van der Waals surface area contributed by atoms with Crippen LogP contribution in [0.2, 0.25) is 5.02 Å². The molecule has 28 heavy (non-hydrogen) atoms. The summed E-state index contributed by atoms with van der Waals surface area (Å²) in [4.78, 5) is 15.7. The second-order valence-electron chi connectivity index (χ2n) is 5.66. The number of ether oxygens (including phenoxy) is 2. The van der Waals surface area contributed by atoms with Crippen molar-refractivity contribution in [3.63, 3.8) is 0 Å². The molecule has 0 bridgehead atoms. The van der Waals surface area contributed by atoms with E-state index < -0.39 is 17.8 Å². The molecular weight excluding hydrogens is 417 g/mol. The lowest BCUT2D eigenvalue weighted by Crippen LogP contribution is -2.15. The Hall–Kier alpha value is -2.39. The molecule has 1 heterocycles. The molecule has 1 N–H and O–H groups in total. The molecule has 0 spiro atoms. The molecule has 0 atom stereocenters. The number of anilines is 1. The summed E-state index contributed by atoms with van der Waals surface area (Å²) in [6.07, 6.45) is -5.13. The highest BCUT2D eigenvalue weighted by molar-refractivity contribution is 8.13. The van der Waals surface area contributed by atoms with Crippen LogP contribution in [0.15, 0.2) is 41.4 Å². The van der Waals surface area contributed by atoms with Gasteiger partial charge in [-0.2, -0.15) is 13.2 Å². The highest BCUT2D eigenvalue weighted by atomic mass is 35.5. The topological polar surface area (TPSA) is 59.9 Å². The Morgan fingerprint density at radius 1 is 1.36 bits per heavy atom. The van der Waals surface area contributed by atoms with Crippen LogP contribution >= 0.6 is 23.4 Å². The van der Waals surface area contributed by atoms with E-state index in [-0.39, 0.29) is 23.1 Å². The summed E-state index contributed by atoms with van der Waals surface area (Å²) in [6, 6.07) is 8.84. The number of amides is 1. The van der Waals surface area contributed by atoms with Crippen molar-refractivity contribution in [3.05, 3.63) is 52.5 Å². The van der Waals surface area contributed by atoms with Crippen molar-refractivity contribution in [2.75, 3.05) is 19.0 Å². The van der Waals surface area contributed by atoms with Crippen LogP contribution in [0.3, 0.4) is 0 Å². The van der Waals surface area contributed by atoms with Crippen LogP contribution in [-0.2, 0) is 16.7 Å². The van der Waals surface area contributed by atoms with Crippen molar-refractivity contribution in [3.8, 4) is 5.75 Å². The predicted molar refractivity (Wildman–Crippen MR) is 103 cm³/mol. The third kappa shape index (κ3) is 4.71. The average molecular weight is 431 g/mol. The zero-order valence-electron chi connectivity index (χ0n) is 14.5. The molecule has 1 aliphatic rings. The molecule has 5 nitrogen and oxygen atoms in total. The number of fused-ring (bicyclic) bond motifs is 1. The number of para-hydroxylation sites is 1. The third-order valence-corrected chi connectivity index (χ3v) is 5.05. The van der Waals surface area contributed by atoms with E-state index >= 15 is 0 Å². The molecule has 0 unspecified atom stereocenters. The molecule has 0 aliphatic carbocycles. The van der Waals surface area contributed by atoms with Gasteiger partial charge in [0.15, 0.2) is 5.75 Å². The van der Waals surface area contributed by atoms with Crippen molar-refractivity contribution in [1.82, 2.24) is 0 Å². The summed E-state index contributed by atoms with van der Waals surface area (Å²) in [6.45, 7) is 0.0926. The second-order valence-corrected chi connectivity index (χ2v) is 7.12. The van der Waals surface area contributed by atoms with Gasteiger partial charge in [0.05, 0.1) is 17.7 Å². The number of carbonyl (C=O) groups excluding carboxylic acids is 1. The minimum absolute atomic E-state index is 0.0366. The molecule has 0 radical (unpaired) electrons. The summed E-state index contributed by atoms with van der Waals surface area (Å²) in [5, 5.41) is 2.97. The Morgan fingerprint density at radius 3 is 2.82 bits per heavy atom. The molecule has 0 fully saturated rings. The first-order valence-electron chi connectivity index (χ1n) is 7.94. The van der Waals surface area contributed by atoms with Gasteiger partial charge in [0.1, 0.15) is 17.3 Å². The van der Waals surface area contributed by atoms with Crippen LogP contribution in [0.25, 0.3) is 0 Å². The molecule has 0 saturated carbocycles. The number of hydrogen-bond acceptors (Lipinski definition) is 5. The normalized spacial score (nSPS) is 13.2. The summed E-state index contributed by atoms with van der Waals surface area (Å²) < 4.78 is 49.0. The molecule has 2 aromatic carbocycles. The first-order chi connectivity index (χ1) is 13.3. The Labute approximate surface area is 167 Å². The second kappa shape index (κ2) is 8.32. The number of nitrogens with zero attached hydrogens (tertiary/aromatic N) is 1. The van der Waals surface area contributed by atoms with Crippen molar-refractivity contribution < 1.29 is 27.4 Å². The predicted octanol–water partition coefficient (Wildman–Crippen LogP) is 5.89. The lowest BCUT2D eigenvalue weighted by Gasteiger charge is -2.19. The lowest BCUT2D eigenvalue weighted by atomic mass is 10.1. The van der Waals surface area contributed by atoms with Gasteiger partial charge in [0, 0.05) is 11.4 Å². The van der Waals surface area contributed by atoms with E-state index in [1.54, 1.807) is 12.1 Å². The highest BCUT2D eigenvalue weighted by Gasteiger charge is 2.33. The van der Waals surface area contributed by atoms with Gasteiger partial charge >= 0.3 is 12.3 Å². The molecule has 3 rings (SSSR count). The number of aliphatic imine (C=N–C) groups is 1. The number of carbonyl (C=O) groups is 1. The maximum absolute atomic E-state index is 13.0. The summed E-state index contributed by atoms with van der Waals surface area (Å²) in [7, 11) is 1.26. The quantitative estimate of drug-likeness (QED) is 0.659. The van der Waals surface area contributed by atoms with Gasteiger partial charge in [-0.3, -0.25) is 5.32 Å². The standard InChI is InChI=1S/C18H14ClF3N2O3S/c1-26-17(25)24-13-5-3-2-4-10(13)9-28-15-8-27-16-12(19)6-11(18(20,21)22)7-14(16)23-15/h2-7H,8-9H2,1H3,(H,24,25). The maximum Gasteiger partial charge on any atom is 0.416 e. The number of alkyl halides is 3. The van der Waals surface area contributed by atoms with Crippen LogP contribution in [-0.4, -0.2) is 24.9 Å². The first kappa shape index (κ1) is 20.3. The first-order valence-corrected chi connectivity index (χ1v) is 9.31. The fourth-order valence-corrected chi connectivity index (χ4v) is 3.58. The van der Waals surface area contributed by atoms with E-state index in [0.717, 1.165) is 17.7 Å². The van der Waals surface area contributed by atoms with Gasteiger partial charge < -0.3 is 9.47 Å². The minimum atomic E-state index is -4.53. The molecule has 0 saturated heterocycles. The Morgan fingerprint density at radius 2 is 2.11 bits per heavy atom. The van der Waals surface area contributed by atoms with Gasteiger partial charge in [0.2, 0.25) is 0 Å². The molecule has 1 aliphatic heterocycles. The SMILES string of the molecule is COC(=O)Nc1ccccc1CSC1=Nc2cc(C(F)(F)F)cc(Cl)c2OC1.